The van der Waals surface area contributed by atoms with Crippen LogP contribution in [0.25, 0.3) is 22.3 Å². The number of aromatic amines is 1. The summed E-state index contributed by atoms with van der Waals surface area (Å²) in [4.78, 5) is 34.6. The molecule has 2 aromatic heterocycles. The van der Waals surface area contributed by atoms with Crippen LogP contribution >= 0.6 is 11.6 Å². The Labute approximate surface area is 268 Å². The van der Waals surface area contributed by atoms with E-state index in [2.05, 4.69) is 25.7 Å². The highest BCUT2D eigenvalue weighted by Crippen LogP contribution is 2.35. The highest BCUT2D eigenvalue weighted by Gasteiger charge is 2.34. The van der Waals surface area contributed by atoms with Gasteiger partial charge in [-0.15, -0.1) is 10.2 Å². The lowest BCUT2D eigenvalue weighted by molar-refractivity contribution is -0.142. The van der Waals surface area contributed by atoms with Gasteiger partial charge in [0.1, 0.15) is 12.6 Å². The topological polar surface area (TPSA) is 127 Å². The molecule has 7 rings (SSSR count). The summed E-state index contributed by atoms with van der Waals surface area (Å²) in [7, 11) is 0. The van der Waals surface area contributed by atoms with Crippen LogP contribution in [0.3, 0.4) is 0 Å². The second-order valence-electron chi connectivity index (χ2n) is 10.8. The Bertz CT molecular complexity index is 2010. The average Bonchev–Trinajstić information content (AvgIpc) is 3.85. The molecule has 1 aliphatic heterocycles. The van der Waals surface area contributed by atoms with Gasteiger partial charge in [0.2, 0.25) is 24.4 Å². The van der Waals surface area contributed by atoms with E-state index in [-0.39, 0.29) is 31.7 Å². The number of tetrazole rings is 1. The second-order valence-corrected chi connectivity index (χ2v) is 11.2. The number of amides is 2. The molecule has 0 aliphatic carbocycles. The molecule has 230 valence electrons. The molecule has 3 heterocycles. The Morgan fingerprint density at radius 1 is 0.935 bits per heavy atom. The average molecular weight is 634 g/mol. The van der Waals surface area contributed by atoms with Crippen molar-refractivity contribution in [3.63, 3.8) is 0 Å². The number of ether oxygens (including phenoxy) is 2. The summed E-state index contributed by atoms with van der Waals surface area (Å²) >= 11 is 6.04. The molecule has 2 N–H and O–H groups in total. The largest absolute Gasteiger partial charge is 0.454 e. The van der Waals surface area contributed by atoms with Crippen LogP contribution in [0.4, 0.5) is 0 Å². The third-order valence-corrected chi connectivity index (χ3v) is 7.98. The minimum absolute atomic E-state index is 0.0944. The molecule has 0 saturated heterocycles. The quantitative estimate of drug-likeness (QED) is 0.210. The van der Waals surface area contributed by atoms with Gasteiger partial charge in [0.05, 0.1) is 0 Å². The van der Waals surface area contributed by atoms with Gasteiger partial charge in [0.25, 0.3) is 0 Å². The van der Waals surface area contributed by atoms with Crippen molar-refractivity contribution in [2.75, 3.05) is 6.79 Å². The van der Waals surface area contributed by atoms with E-state index >= 15 is 0 Å². The first-order valence-electron chi connectivity index (χ1n) is 14.6. The molecule has 6 aromatic rings. The molecule has 2 amide bonds. The van der Waals surface area contributed by atoms with Crippen LogP contribution in [0, 0.1) is 0 Å². The van der Waals surface area contributed by atoms with Crippen LogP contribution in [-0.2, 0) is 29.2 Å². The molecule has 11 nitrogen and oxygen atoms in total. The predicted molar refractivity (Wildman–Crippen MR) is 171 cm³/mol. The Balaban J connectivity index is 1.25. The van der Waals surface area contributed by atoms with Crippen LogP contribution in [0.15, 0.2) is 103 Å². The monoisotopic (exact) mass is 633 g/mol. The van der Waals surface area contributed by atoms with Gasteiger partial charge in [-0.25, -0.2) is 0 Å². The zero-order valence-corrected chi connectivity index (χ0v) is 25.2. The Kier molecular flexibility index (Phi) is 8.05. The van der Waals surface area contributed by atoms with Gasteiger partial charge < -0.3 is 24.7 Å². The summed E-state index contributed by atoms with van der Waals surface area (Å²) < 4.78 is 11.1. The minimum Gasteiger partial charge on any atom is -0.454 e. The Morgan fingerprint density at radius 3 is 2.57 bits per heavy atom. The van der Waals surface area contributed by atoms with Gasteiger partial charge in [0.15, 0.2) is 11.5 Å². The number of nitrogens with zero attached hydrogens (tertiary/aromatic N) is 5. The van der Waals surface area contributed by atoms with Gasteiger partial charge >= 0.3 is 0 Å². The first kappa shape index (κ1) is 29.1. The van der Waals surface area contributed by atoms with E-state index in [4.69, 9.17) is 21.1 Å². The van der Waals surface area contributed by atoms with Crippen molar-refractivity contribution in [2.45, 2.75) is 25.7 Å². The lowest BCUT2D eigenvalue weighted by atomic mass is 10.0. The molecule has 0 radical (unpaired) electrons. The van der Waals surface area contributed by atoms with E-state index in [1.165, 1.54) is 4.80 Å². The number of hydrogen-bond donors (Lipinski definition) is 2. The number of aromatic nitrogens is 5. The van der Waals surface area contributed by atoms with Crippen molar-refractivity contribution in [2.24, 2.45) is 0 Å². The maximum absolute atomic E-state index is 14.3. The molecule has 12 heteroatoms. The van der Waals surface area contributed by atoms with Crippen molar-refractivity contribution in [3.8, 4) is 22.9 Å². The van der Waals surface area contributed by atoms with E-state index in [0.29, 0.717) is 40.0 Å². The van der Waals surface area contributed by atoms with Gasteiger partial charge in [-0.05, 0) is 58.8 Å². The lowest BCUT2D eigenvalue weighted by Gasteiger charge is -2.31. The highest BCUT2D eigenvalue weighted by atomic mass is 35.5. The van der Waals surface area contributed by atoms with Crippen molar-refractivity contribution < 1.29 is 19.1 Å². The summed E-state index contributed by atoms with van der Waals surface area (Å²) in [6, 6.07) is 28.8. The summed E-state index contributed by atoms with van der Waals surface area (Å²) in [5.74, 6) is 0.823. The van der Waals surface area contributed by atoms with Crippen LogP contribution < -0.4 is 14.8 Å². The van der Waals surface area contributed by atoms with Gasteiger partial charge in [0, 0.05) is 46.3 Å². The smallest absolute Gasteiger partial charge is 0.247 e. The van der Waals surface area contributed by atoms with E-state index in [9.17, 15) is 9.59 Å². The standard InChI is InChI=1S/C34H28ClN7O4/c35-25-13-11-24(12-14-25)33-38-40-42(39-33)20-31(43)41(19-23-10-15-29-30(16-23)46-21-45-29)32(27-18-36-28-9-5-4-8-26(27)28)34(44)37-17-22-6-2-1-3-7-22/h1-16,18,32,36H,17,19-21H2,(H,37,44). The number of rotatable bonds is 10. The number of carbonyl (C=O) groups excluding carboxylic acids is 2. The molecule has 1 unspecified atom stereocenters. The van der Waals surface area contributed by atoms with Crippen molar-refractivity contribution in [1.82, 2.24) is 35.4 Å². The normalized spacial score (nSPS) is 12.6. The molecule has 46 heavy (non-hydrogen) atoms. The maximum Gasteiger partial charge on any atom is 0.247 e. The van der Waals surface area contributed by atoms with E-state index < -0.39 is 6.04 Å². The number of H-pyrrole nitrogens is 1. The highest BCUT2D eigenvalue weighted by molar-refractivity contribution is 6.30. The summed E-state index contributed by atoms with van der Waals surface area (Å²) in [6.07, 6.45) is 1.78. The number of nitrogens with one attached hydrogen (secondary N) is 2. The molecule has 0 fully saturated rings. The van der Waals surface area contributed by atoms with E-state index in [1.54, 1.807) is 41.4 Å². The van der Waals surface area contributed by atoms with Gasteiger partial charge in [-0.3, -0.25) is 9.59 Å². The fraction of sp³-hybridized carbons (Fsp3) is 0.147. The number of halogens is 1. The number of hydrogen-bond acceptors (Lipinski definition) is 7. The molecule has 0 bridgehead atoms. The summed E-state index contributed by atoms with van der Waals surface area (Å²) in [5, 5.41) is 17.2. The Hall–Kier alpha value is -5.68. The fourth-order valence-electron chi connectivity index (χ4n) is 5.45. The molecule has 0 spiro atoms. The number of para-hydroxylation sites is 1. The number of carbonyl (C=O) groups is 2. The van der Waals surface area contributed by atoms with Crippen LogP contribution in [0.5, 0.6) is 11.5 Å². The molecular formula is C34H28ClN7O4. The number of fused-ring (bicyclic) bond motifs is 2. The van der Waals surface area contributed by atoms with E-state index in [1.807, 2.05) is 66.7 Å². The summed E-state index contributed by atoms with van der Waals surface area (Å²) in [5.41, 5.74) is 3.90. The lowest BCUT2D eigenvalue weighted by Crippen LogP contribution is -2.44. The molecular weight excluding hydrogens is 606 g/mol. The molecule has 0 saturated carbocycles. The summed E-state index contributed by atoms with van der Waals surface area (Å²) in [6.45, 7) is 0.252. The first-order chi connectivity index (χ1) is 22.5. The molecule has 1 atom stereocenters. The first-order valence-corrected chi connectivity index (χ1v) is 15.0. The van der Waals surface area contributed by atoms with Gasteiger partial charge in [-0.1, -0.05) is 66.2 Å². The van der Waals surface area contributed by atoms with Crippen LogP contribution in [-0.4, -0.2) is 48.7 Å². The van der Waals surface area contributed by atoms with Crippen LogP contribution in [0.1, 0.15) is 22.7 Å². The van der Waals surface area contributed by atoms with Crippen molar-refractivity contribution >= 4 is 34.3 Å². The third kappa shape index (κ3) is 6.13. The minimum atomic E-state index is -1.00. The number of benzene rings is 4. The fourth-order valence-corrected chi connectivity index (χ4v) is 5.57. The SMILES string of the molecule is O=C(NCc1ccccc1)C(c1c[nH]c2ccccc12)N(Cc1ccc2c(c1)OCO2)C(=O)Cn1nnc(-c2ccc(Cl)cc2)n1. The van der Waals surface area contributed by atoms with Crippen molar-refractivity contribution in [3.05, 3.63) is 125 Å². The zero-order chi connectivity index (χ0) is 31.5. The maximum atomic E-state index is 14.3. The van der Waals surface area contributed by atoms with Crippen LogP contribution in [0.2, 0.25) is 5.02 Å². The van der Waals surface area contributed by atoms with E-state index in [0.717, 1.165) is 22.0 Å². The zero-order valence-electron chi connectivity index (χ0n) is 24.5. The Morgan fingerprint density at radius 2 is 1.72 bits per heavy atom. The van der Waals surface area contributed by atoms with Crippen molar-refractivity contribution in [1.29, 1.82) is 0 Å². The predicted octanol–water partition coefficient (Wildman–Crippen LogP) is 5.29. The third-order valence-electron chi connectivity index (χ3n) is 7.73. The van der Waals surface area contributed by atoms with Gasteiger partial charge in [-0.2, -0.15) is 4.80 Å². The molecule has 1 aliphatic rings. The molecule has 4 aromatic carbocycles. The second kappa shape index (κ2) is 12.7.